The van der Waals surface area contributed by atoms with E-state index in [1.165, 1.54) is 30.3 Å². The Balaban J connectivity index is 2.39. The predicted molar refractivity (Wildman–Crippen MR) is 89.0 cm³/mol. The van der Waals surface area contributed by atoms with Gasteiger partial charge in [0.15, 0.2) is 9.84 Å². The number of nitrogens with one attached hydrogen (secondary N) is 1. The first-order chi connectivity index (χ1) is 10.2. The molecule has 0 aliphatic heterocycles. The summed E-state index contributed by atoms with van der Waals surface area (Å²) >= 11 is 17.8. The van der Waals surface area contributed by atoms with Gasteiger partial charge in [-0.05, 0) is 36.4 Å². The van der Waals surface area contributed by atoms with E-state index in [0.29, 0.717) is 15.7 Å². The SMILES string of the molecule is CS(=O)(=O)c1ccc(Cl)c(C(=O)Nc2cc(Cl)ccc2Cl)c1. The van der Waals surface area contributed by atoms with Crippen molar-refractivity contribution in [3.05, 3.63) is 57.0 Å². The second-order valence-corrected chi connectivity index (χ2v) is 7.76. The minimum Gasteiger partial charge on any atom is -0.321 e. The van der Waals surface area contributed by atoms with Crippen molar-refractivity contribution in [1.82, 2.24) is 0 Å². The third kappa shape index (κ3) is 3.93. The molecule has 1 amide bonds. The van der Waals surface area contributed by atoms with E-state index in [-0.39, 0.29) is 15.5 Å². The summed E-state index contributed by atoms with van der Waals surface area (Å²) in [5, 5.41) is 3.38. The van der Waals surface area contributed by atoms with Crippen LogP contribution in [0.25, 0.3) is 0 Å². The number of anilines is 1. The van der Waals surface area contributed by atoms with Crippen molar-refractivity contribution in [2.45, 2.75) is 4.90 Å². The van der Waals surface area contributed by atoms with Gasteiger partial charge in [-0.1, -0.05) is 34.8 Å². The van der Waals surface area contributed by atoms with Crippen molar-refractivity contribution < 1.29 is 13.2 Å². The lowest BCUT2D eigenvalue weighted by molar-refractivity contribution is 0.102. The Kier molecular flexibility index (Phi) is 5.02. The fourth-order valence-corrected chi connectivity index (χ4v) is 2.88. The van der Waals surface area contributed by atoms with E-state index < -0.39 is 15.7 Å². The molecule has 116 valence electrons. The number of benzene rings is 2. The molecular weight excluding hydrogens is 369 g/mol. The van der Waals surface area contributed by atoms with E-state index in [0.717, 1.165) is 6.26 Å². The van der Waals surface area contributed by atoms with Crippen LogP contribution in [-0.2, 0) is 9.84 Å². The average molecular weight is 379 g/mol. The van der Waals surface area contributed by atoms with Crippen molar-refractivity contribution >= 4 is 56.2 Å². The van der Waals surface area contributed by atoms with Crippen LogP contribution in [0.4, 0.5) is 5.69 Å². The fraction of sp³-hybridized carbons (Fsp3) is 0.0714. The predicted octanol–water partition coefficient (Wildman–Crippen LogP) is 4.30. The number of carbonyl (C=O) groups is 1. The normalized spacial score (nSPS) is 11.3. The highest BCUT2D eigenvalue weighted by Crippen LogP contribution is 2.27. The summed E-state index contributed by atoms with van der Waals surface area (Å²) in [6.07, 6.45) is 1.05. The molecule has 2 aromatic carbocycles. The molecule has 0 heterocycles. The van der Waals surface area contributed by atoms with Crippen molar-refractivity contribution in [3.63, 3.8) is 0 Å². The van der Waals surface area contributed by atoms with Crippen LogP contribution in [0.1, 0.15) is 10.4 Å². The first-order valence-corrected chi connectivity index (χ1v) is 8.97. The van der Waals surface area contributed by atoms with Crippen LogP contribution >= 0.6 is 34.8 Å². The van der Waals surface area contributed by atoms with Crippen LogP contribution in [0.15, 0.2) is 41.3 Å². The van der Waals surface area contributed by atoms with E-state index in [1.54, 1.807) is 6.07 Å². The van der Waals surface area contributed by atoms with Crippen molar-refractivity contribution in [2.24, 2.45) is 0 Å². The largest absolute Gasteiger partial charge is 0.321 e. The van der Waals surface area contributed by atoms with Crippen LogP contribution < -0.4 is 5.32 Å². The first kappa shape index (κ1) is 17.1. The molecule has 0 spiro atoms. The zero-order valence-corrected chi connectivity index (χ0v) is 14.3. The topological polar surface area (TPSA) is 63.2 Å². The van der Waals surface area contributed by atoms with Crippen LogP contribution in [0.3, 0.4) is 0 Å². The number of carbonyl (C=O) groups excluding carboxylic acids is 1. The molecule has 0 aliphatic rings. The molecule has 0 aliphatic carbocycles. The lowest BCUT2D eigenvalue weighted by Crippen LogP contribution is -2.13. The molecule has 2 rings (SSSR count). The lowest BCUT2D eigenvalue weighted by atomic mass is 10.2. The second-order valence-electron chi connectivity index (χ2n) is 4.49. The molecule has 0 bridgehead atoms. The van der Waals surface area contributed by atoms with Crippen LogP contribution in [0.5, 0.6) is 0 Å². The van der Waals surface area contributed by atoms with Gasteiger partial charge in [0.1, 0.15) is 0 Å². The number of sulfone groups is 1. The molecule has 0 saturated carbocycles. The molecule has 0 fully saturated rings. The summed E-state index contributed by atoms with van der Waals surface area (Å²) in [6, 6.07) is 8.50. The van der Waals surface area contributed by atoms with Crippen LogP contribution in [-0.4, -0.2) is 20.6 Å². The molecule has 4 nitrogen and oxygen atoms in total. The number of hydrogen-bond acceptors (Lipinski definition) is 3. The zero-order valence-electron chi connectivity index (χ0n) is 11.2. The van der Waals surface area contributed by atoms with Crippen LogP contribution in [0.2, 0.25) is 15.1 Å². The van der Waals surface area contributed by atoms with E-state index >= 15 is 0 Å². The fourth-order valence-electron chi connectivity index (χ4n) is 1.69. The minimum atomic E-state index is -3.45. The smallest absolute Gasteiger partial charge is 0.257 e. The van der Waals surface area contributed by atoms with Gasteiger partial charge in [-0.3, -0.25) is 4.79 Å². The number of halogens is 3. The molecule has 22 heavy (non-hydrogen) atoms. The molecule has 0 unspecified atom stereocenters. The van der Waals surface area contributed by atoms with Gasteiger partial charge in [0.05, 0.1) is 26.2 Å². The third-order valence-corrected chi connectivity index (χ3v) is 4.79. The van der Waals surface area contributed by atoms with E-state index in [1.807, 2.05) is 0 Å². The van der Waals surface area contributed by atoms with Gasteiger partial charge >= 0.3 is 0 Å². The zero-order chi connectivity index (χ0) is 16.5. The maximum atomic E-state index is 12.3. The quantitative estimate of drug-likeness (QED) is 0.866. The molecule has 0 radical (unpaired) electrons. The first-order valence-electron chi connectivity index (χ1n) is 5.94. The summed E-state index contributed by atoms with van der Waals surface area (Å²) in [4.78, 5) is 12.3. The minimum absolute atomic E-state index is 0.000703. The molecule has 1 N–H and O–H groups in total. The molecule has 2 aromatic rings. The van der Waals surface area contributed by atoms with Crippen LogP contribution in [0, 0.1) is 0 Å². The summed E-state index contributed by atoms with van der Waals surface area (Å²) in [7, 11) is -3.45. The monoisotopic (exact) mass is 377 g/mol. The van der Waals surface area contributed by atoms with E-state index in [2.05, 4.69) is 5.32 Å². The third-order valence-electron chi connectivity index (χ3n) is 2.79. The second kappa shape index (κ2) is 6.46. The summed E-state index contributed by atoms with van der Waals surface area (Å²) in [5.41, 5.74) is 0.334. The van der Waals surface area contributed by atoms with Crippen molar-refractivity contribution in [1.29, 1.82) is 0 Å². The molecule has 8 heteroatoms. The standard InChI is InChI=1S/C14H10Cl3NO3S/c1-22(20,21)9-3-5-11(16)10(7-9)14(19)18-13-6-8(15)2-4-12(13)17/h2-7H,1H3,(H,18,19). The Labute approximate surface area is 142 Å². The molecule has 0 aromatic heterocycles. The van der Waals surface area contributed by atoms with Gasteiger partial charge in [0.2, 0.25) is 0 Å². The maximum Gasteiger partial charge on any atom is 0.257 e. The van der Waals surface area contributed by atoms with Gasteiger partial charge in [-0.2, -0.15) is 0 Å². The molecular formula is C14H10Cl3NO3S. The van der Waals surface area contributed by atoms with Crippen molar-refractivity contribution in [2.75, 3.05) is 11.6 Å². The maximum absolute atomic E-state index is 12.3. The summed E-state index contributed by atoms with van der Waals surface area (Å²) in [5.74, 6) is -0.584. The van der Waals surface area contributed by atoms with Gasteiger partial charge in [-0.15, -0.1) is 0 Å². The van der Waals surface area contributed by atoms with Gasteiger partial charge in [-0.25, -0.2) is 8.42 Å². The highest BCUT2D eigenvalue weighted by atomic mass is 35.5. The highest BCUT2D eigenvalue weighted by molar-refractivity contribution is 7.90. The highest BCUT2D eigenvalue weighted by Gasteiger charge is 2.16. The van der Waals surface area contributed by atoms with Crippen molar-refractivity contribution in [3.8, 4) is 0 Å². The average Bonchev–Trinajstić information content (AvgIpc) is 2.42. The van der Waals surface area contributed by atoms with Gasteiger partial charge in [0.25, 0.3) is 5.91 Å². The Morgan fingerprint density at radius 3 is 2.27 bits per heavy atom. The molecule has 0 atom stereocenters. The molecule has 0 saturated heterocycles. The lowest BCUT2D eigenvalue weighted by Gasteiger charge is -2.10. The van der Waals surface area contributed by atoms with Gasteiger partial charge < -0.3 is 5.32 Å². The number of rotatable bonds is 3. The van der Waals surface area contributed by atoms with E-state index in [4.69, 9.17) is 34.8 Å². The Bertz CT molecular complexity index is 850. The Morgan fingerprint density at radius 1 is 1.00 bits per heavy atom. The number of amides is 1. The Hall–Kier alpha value is -1.27. The number of hydrogen-bond donors (Lipinski definition) is 1. The van der Waals surface area contributed by atoms with E-state index in [9.17, 15) is 13.2 Å². The summed E-state index contributed by atoms with van der Waals surface area (Å²) < 4.78 is 23.1. The van der Waals surface area contributed by atoms with Gasteiger partial charge in [0, 0.05) is 11.3 Å². The Morgan fingerprint density at radius 2 is 1.64 bits per heavy atom. The summed E-state index contributed by atoms with van der Waals surface area (Å²) in [6.45, 7) is 0.